The van der Waals surface area contributed by atoms with E-state index in [0.29, 0.717) is 29.2 Å². The van der Waals surface area contributed by atoms with Crippen molar-refractivity contribution in [1.82, 2.24) is 19.8 Å². The van der Waals surface area contributed by atoms with E-state index in [0.717, 1.165) is 45.4 Å². The van der Waals surface area contributed by atoms with Crippen LogP contribution in [0.25, 0.3) is 0 Å². The molecule has 2 amide bonds. The van der Waals surface area contributed by atoms with E-state index in [1.165, 1.54) is 56.1 Å². The first-order valence-corrected chi connectivity index (χ1v) is 12.4. The molecule has 0 bridgehead atoms. The van der Waals surface area contributed by atoms with Crippen molar-refractivity contribution in [1.29, 1.82) is 0 Å². The third-order valence-corrected chi connectivity index (χ3v) is 6.78. The number of rotatable bonds is 7. The summed E-state index contributed by atoms with van der Waals surface area (Å²) < 4.78 is 13.1. The predicted molar refractivity (Wildman–Crippen MR) is 129 cm³/mol. The second kappa shape index (κ2) is 11.5. The zero-order valence-corrected chi connectivity index (χ0v) is 19.9. The fourth-order valence-corrected chi connectivity index (χ4v) is 4.89. The van der Waals surface area contributed by atoms with Crippen molar-refractivity contribution in [3.05, 3.63) is 53.4 Å². The number of hydrogen-bond acceptors (Lipinski definition) is 5. The van der Waals surface area contributed by atoms with Gasteiger partial charge in [0.1, 0.15) is 5.82 Å². The number of hydrogen-bond donors (Lipinski definition) is 1. The average molecular weight is 468 g/mol. The van der Waals surface area contributed by atoms with E-state index in [2.05, 4.69) is 20.2 Å². The lowest BCUT2D eigenvalue weighted by atomic mass is 10.1. The summed E-state index contributed by atoms with van der Waals surface area (Å²) in [5.41, 5.74) is 1.43. The Bertz CT molecular complexity index is 989. The Kier molecular flexibility index (Phi) is 8.21. The number of likely N-dealkylation sites (tertiary alicyclic amines) is 2. The van der Waals surface area contributed by atoms with Crippen LogP contribution >= 0.6 is 0 Å². The van der Waals surface area contributed by atoms with E-state index >= 15 is 0 Å². The molecule has 1 aromatic heterocycles. The van der Waals surface area contributed by atoms with Crippen molar-refractivity contribution >= 4 is 17.5 Å². The highest BCUT2D eigenvalue weighted by Crippen LogP contribution is 2.31. The topological polar surface area (TPSA) is 78.4 Å². The fourth-order valence-electron chi connectivity index (χ4n) is 4.89. The first kappa shape index (κ1) is 24.3. The van der Waals surface area contributed by atoms with E-state index < -0.39 is 0 Å². The molecule has 0 radical (unpaired) electrons. The monoisotopic (exact) mass is 467 g/mol. The molecule has 8 heteroatoms. The zero-order chi connectivity index (χ0) is 23.9. The van der Waals surface area contributed by atoms with Crippen molar-refractivity contribution in [3.63, 3.8) is 0 Å². The Morgan fingerprint density at radius 2 is 1.79 bits per heavy atom. The Hall–Kier alpha value is -2.87. The largest absolute Gasteiger partial charge is 0.332 e. The molecule has 2 aliphatic heterocycles. The number of nitrogens with one attached hydrogen (secondary N) is 1. The molecule has 2 saturated heterocycles. The van der Waals surface area contributed by atoms with Crippen LogP contribution in [-0.2, 0) is 4.79 Å². The van der Waals surface area contributed by atoms with Crippen LogP contribution in [-0.4, -0.2) is 57.8 Å². The second-order valence-corrected chi connectivity index (χ2v) is 9.29. The lowest BCUT2D eigenvalue weighted by molar-refractivity contribution is -0.132. The van der Waals surface area contributed by atoms with Crippen LogP contribution in [0.5, 0.6) is 0 Å². The zero-order valence-electron chi connectivity index (χ0n) is 19.9. The molecule has 1 N–H and O–H groups in total. The highest BCUT2D eigenvalue weighted by Gasteiger charge is 2.32. The summed E-state index contributed by atoms with van der Waals surface area (Å²) in [4.78, 5) is 39.1. The molecule has 2 fully saturated rings. The summed E-state index contributed by atoms with van der Waals surface area (Å²) >= 11 is 0. The van der Waals surface area contributed by atoms with Gasteiger partial charge in [0.25, 0.3) is 5.91 Å². The summed E-state index contributed by atoms with van der Waals surface area (Å²) in [5.74, 6) is 0.0499. The molecule has 3 heterocycles. The standard InChI is InChI=1S/C26H34FN5O2/c1-19-22(26(34)30-21-12-10-20(27)11-13-21)18-28-25(29-19)23-8-6-17-32(23)24(33)9-7-16-31-14-4-2-3-5-15-31/h10-13,18,23H,2-9,14-17H2,1H3,(H,30,34). The number of nitrogens with zero attached hydrogens (tertiary/aromatic N) is 4. The van der Waals surface area contributed by atoms with Crippen molar-refractivity contribution in [2.75, 3.05) is 31.5 Å². The summed E-state index contributed by atoms with van der Waals surface area (Å²) in [7, 11) is 0. The van der Waals surface area contributed by atoms with Crippen LogP contribution in [0, 0.1) is 12.7 Å². The van der Waals surface area contributed by atoms with Gasteiger partial charge in [0, 0.05) is 24.8 Å². The molecule has 182 valence electrons. The molecule has 7 nitrogen and oxygen atoms in total. The predicted octanol–water partition coefficient (Wildman–Crippen LogP) is 4.50. The van der Waals surface area contributed by atoms with E-state index in [1.807, 2.05) is 4.90 Å². The van der Waals surface area contributed by atoms with Gasteiger partial charge >= 0.3 is 0 Å². The second-order valence-electron chi connectivity index (χ2n) is 9.29. The van der Waals surface area contributed by atoms with Gasteiger partial charge in [-0.25, -0.2) is 14.4 Å². The third-order valence-electron chi connectivity index (χ3n) is 6.78. The minimum atomic E-state index is -0.362. The quantitative estimate of drug-likeness (QED) is 0.649. The number of carbonyl (C=O) groups is 2. The Morgan fingerprint density at radius 3 is 2.50 bits per heavy atom. The lowest BCUT2D eigenvalue weighted by Crippen LogP contribution is -2.33. The molecule has 0 saturated carbocycles. The fraction of sp³-hybridized carbons (Fsp3) is 0.538. The van der Waals surface area contributed by atoms with E-state index in [4.69, 9.17) is 0 Å². The van der Waals surface area contributed by atoms with Crippen molar-refractivity contribution < 1.29 is 14.0 Å². The first-order valence-electron chi connectivity index (χ1n) is 12.4. The highest BCUT2D eigenvalue weighted by atomic mass is 19.1. The van der Waals surface area contributed by atoms with Crippen molar-refractivity contribution in [2.45, 2.75) is 64.3 Å². The van der Waals surface area contributed by atoms with E-state index in [-0.39, 0.29) is 23.7 Å². The number of carbonyl (C=O) groups excluding carboxylic acids is 2. The Labute approximate surface area is 200 Å². The number of benzene rings is 1. The Morgan fingerprint density at radius 1 is 1.06 bits per heavy atom. The molecule has 2 aliphatic rings. The lowest BCUT2D eigenvalue weighted by Gasteiger charge is -2.25. The van der Waals surface area contributed by atoms with Gasteiger partial charge in [-0.3, -0.25) is 9.59 Å². The van der Waals surface area contributed by atoms with Gasteiger partial charge in [-0.05, 0) is 82.9 Å². The van der Waals surface area contributed by atoms with Crippen LogP contribution in [0.2, 0.25) is 0 Å². The maximum atomic E-state index is 13.1. The maximum Gasteiger partial charge on any atom is 0.259 e. The van der Waals surface area contributed by atoms with Gasteiger partial charge in [-0.1, -0.05) is 12.8 Å². The summed E-state index contributed by atoms with van der Waals surface area (Å²) in [6, 6.07) is 5.46. The van der Waals surface area contributed by atoms with Crippen LogP contribution in [0.4, 0.5) is 10.1 Å². The van der Waals surface area contributed by atoms with Crippen LogP contribution in [0.3, 0.4) is 0 Å². The molecular weight excluding hydrogens is 433 g/mol. The van der Waals surface area contributed by atoms with Gasteiger partial charge in [-0.15, -0.1) is 0 Å². The smallest absolute Gasteiger partial charge is 0.259 e. The molecule has 0 aliphatic carbocycles. The highest BCUT2D eigenvalue weighted by molar-refractivity contribution is 6.04. The molecule has 1 aromatic carbocycles. The number of anilines is 1. The number of amides is 2. The minimum Gasteiger partial charge on any atom is -0.332 e. The van der Waals surface area contributed by atoms with E-state index in [9.17, 15) is 14.0 Å². The van der Waals surface area contributed by atoms with Gasteiger partial charge in [-0.2, -0.15) is 0 Å². The molecule has 1 atom stereocenters. The molecule has 1 unspecified atom stereocenters. The Balaban J connectivity index is 1.34. The van der Waals surface area contributed by atoms with Crippen molar-refractivity contribution in [2.24, 2.45) is 0 Å². The van der Waals surface area contributed by atoms with Gasteiger partial charge in [0.2, 0.25) is 5.91 Å². The maximum absolute atomic E-state index is 13.1. The number of aromatic nitrogens is 2. The summed E-state index contributed by atoms with van der Waals surface area (Å²) in [5, 5.41) is 2.74. The first-order chi connectivity index (χ1) is 16.5. The van der Waals surface area contributed by atoms with E-state index in [1.54, 1.807) is 6.92 Å². The van der Waals surface area contributed by atoms with Crippen LogP contribution in [0.1, 0.15) is 79.3 Å². The minimum absolute atomic E-state index is 0.140. The molecule has 4 rings (SSSR count). The average Bonchev–Trinajstić information content (AvgIpc) is 3.18. The number of aryl methyl sites for hydroxylation is 1. The normalized spacial score (nSPS) is 19.1. The van der Waals surface area contributed by atoms with Crippen molar-refractivity contribution in [3.8, 4) is 0 Å². The van der Waals surface area contributed by atoms with Gasteiger partial charge in [0.15, 0.2) is 5.82 Å². The molecule has 0 spiro atoms. The van der Waals surface area contributed by atoms with Crippen LogP contribution < -0.4 is 5.32 Å². The molecule has 34 heavy (non-hydrogen) atoms. The third kappa shape index (κ3) is 6.17. The van der Waals surface area contributed by atoms with Gasteiger partial charge in [0.05, 0.1) is 17.3 Å². The number of halogens is 1. The molecular formula is C26H34FN5O2. The summed E-state index contributed by atoms with van der Waals surface area (Å²) in [6.45, 7) is 5.77. The molecule has 2 aromatic rings. The SMILES string of the molecule is Cc1nc(C2CCCN2C(=O)CCCN2CCCCCC2)ncc1C(=O)Nc1ccc(F)cc1. The van der Waals surface area contributed by atoms with Crippen LogP contribution in [0.15, 0.2) is 30.5 Å². The summed E-state index contributed by atoms with van der Waals surface area (Å²) in [6.07, 6.45) is 9.86. The van der Waals surface area contributed by atoms with Gasteiger partial charge < -0.3 is 15.1 Å².